The van der Waals surface area contributed by atoms with Crippen LogP contribution >= 0.6 is 0 Å². The van der Waals surface area contributed by atoms with Crippen LogP contribution < -0.4 is 16.0 Å². The quantitative estimate of drug-likeness (QED) is 0.488. The Kier molecular flexibility index (Phi) is 8.37. The highest BCUT2D eigenvalue weighted by Crippen LogP contribution is 2.19. The molecular formula is C17H35N5O. The fraction of sp³-hybridized carbons (Fsp3) is 0.882. The summed E-state index contributed by atoms with van der Waals surface area (Å²) in [6.45, 7) is 12.3. The molecule has 6 nitrogen and oxygen atoms in total. The zero-order valence-electron chi connectivity index (χ0n) is 15.5. The molecule has 6 heteroatoms. The van der Waals surface area contributed by atoms with E-state index in [4.69, 9.17) is 0 Å². The first-order chi connectivity index (χ1) is 10.8. The predicted molar refractivity (Wildman–Crippen MR) is 96.8 cm³/mol. The fourth-order valence-electron chi connectivity index (χ4n) is 2.82. The maximum absolute atomic E-state index is 11.6. The molecule has 0 spiro atoms. The molecular weight excluding hydrogens is 290 g/mol. The Labute approximate surface area is 141 Å². The summed E-state index contributed by atoms with van der Waals surface area (Å²) in [5, 5.41) is 9.48. The lowest BCUT2D eigenvalue weighted by Crippen LogP contribution is -2.55. The monoisotopic (exact) mass is 325 g/mol. The van der Waals surface area contributed by atoms with Crippen LogP contribution in [0.5, 0.6) is 0 Å². The molecule has 0 bridgehead atoms. The first-order valence-corrected chi connectivity index (χ1v) is 8.84. The zero-order chi connectivity index (χ0) is 17.3. The van der Waals surface area contributed by atoms with Gasteiger partial charge in [-0.05, 0) is 53.6 Å². The Morgan fingerprint density at radius 2 is 1.83 bits per heavy atom. The zero-order valence-corrected chi connectivity index (χ0v) is 15.5. The van der Waals surface area contributed by atoms with Crippen molar-refractivity contribution in [1.82, 2.24) is 20.9 Å². The number of piperidine rings is 1. The van der Waals surface area contributed by atoms with E-state index in [1.54, 1.807) is 7.05 Å². The van der Waals surface area contributed by atoms with Crippen molar-refractivity contribution in [3.63, 3.8) is 0 Å². The maximum Gasteiger partial charge on any atom is 0.221 e. The van der Waals surface area contributed by atoms with Crippen LogP contribution in [0.3, 0.4) is 0 Å². The molecule has 1 aliphatic heterocycles. The van der Waals surface area contributed by atoms with Crippen molar-refractivity contribution in [3.05, 3.63) is 0 Å². The molecule has 134 valence electrons. The van der Waals surface area contributed by atoms with E-state index in [1.165, 1.54) is 32.4 Å². The fourth-order valence-corrected chi connectivity index (χ4v) is 2.82. The second-order valence-electron chi connectivity index (χ2n) is 7.18. The van der Waals surface area contributed by atoms with Gasteiger partial charge in [0.1, 0.15) is 0 Å². The van der Waals surface area contributed by atoms with Gasteiger partial charge in [-0.2, -0.15) is 0 Å². The van der Waals surface area contributed by atoms with E-state index >= 15 is 0 Å². The largest absolute Gasteiger partial charge is 0.356 e. The minimum absolute atomic E-state index is 0.0663. The average molecular weight is 326 g/mol. The summed E-state index contributed by atoms with van der Waals surface area (Å²) in [7, 11) is 1.76. The van der Waals surface area contributed by atoms with Crippen LogP contribution in [0.25, 0.3) is 0 Å². The van der Waals surface area contributed by atoms with Crippen molar-refractivity contribution in [1.29, 1.82) is 0 Å². The molecule has 1 saturated heterocycles. The van der Waals surface area contributed by atoms with Gasteiger partial charge in [-0.1, -0.05) is 6.42 Å². The van der Waals surface area contributed by atoms with Gasteiger partial charge >= 0.3 is 0 Å². The van der Waals surface area contributed by atoms with Crippen LogP contribution in [0.4, 0.5) is 0 Å². The van der Waals surface area contributed by atoms with E-state index in [1.807, 2.05) is 13.8 Å². The Morgan fingerprint density at radius 3 is 2.39 bits per heavy atom. The number of rotatable bonds is 7. The molecule has 0 aliphatic carbocycles. The summed E-state index contributed by atoms with van der Waals surface area (Å²) in [5.74, 6) is 0.823. The summed E-state index contributed by atoms with van der Waals surface area (Å²) in [6.07, 6.45) is 4.39. The molecule has 0 radical (unpaired) electrons. The summed E-state index contributed by atoms with van der Waals surface area (Å²) in [4.78, 5) is 18.4. The van der Waals surface area contributed by atoms with Gasteiger partial charge in [0.15, 0.2) is 5.96 Å². The van der Waals surface area contributed by atoms with E-state index in [0.717, 1.165) is 12.5 Å². The molecule has 1 rings (SSSR count). The molecule has 0 unspecified atom stereocenters. The third kappa shape index (κ3) is 7.68. The molecule has 0 aromatic heterocycles. The Hall–Kier alpha value is -1.30. The molecule has 1 heterocycles. The van der Waals surface area contributed by atoms with Crippen LogP contribution in [-0.2, 0) is 4.79 Å². The van der Waals surface area contributed by atoms with E-state index in [0.29, 0.717) is 13.0 Å². The van der Waals surface area contributed by atoms with Crippen LogP contribution in [0.2, 0.25) is 0 Å². The Bertz CT molecular complexity index is 386. The van der Waals surface area contributed by atoms with E-state index in [9.17, 15) is 4.79 Å². The number of hydrogen-bond acceptors (Lipinski definition) is 3. The topological polar surface area (TPSA) is 68.8 Å². The van der Waals surface area contributed by atoms with Gasteiger partial charge in [-0.15, -0.1) is 0 Å². The smallest absolute Gasteiger partial charge is 0.221 e. The molecule has 23 heavy (non-hydrogen) atoms. The third-order valence-corrected chi connectivity index (χ3v) is 4.22. The standard InChI is InChI=1S/C17H35N5O/c1-14(2)21-15(23)9-10-19-16(18-5)20-13-17(3,4)22-11-7-6-8-12-22/h14H,6-13H2,1-5H3,(H,21,23)(H2,18,19,20). The van der Waals surface area contributed by atoms with Crippen LogP contribution in [0.15, 0.2) is 4.99 Å². The molecule has 0 aromatic carbocycles. The number of amides is 1. The number of carbonyl (C=O) groups excluding carboxylic acids is 1. The van der Waals surface area contributed by atoms with Gasteiger partial charge in [0, 0.05) is 38.1 Å². The van der Waals surface area contributed by atoms with Crippen molar-refractivity contribution in [3.8, 4) is 0 Å². The first kappa shape index (κ1) is 19.7. The minimum Gasteiger partial charge on any atom is -0.356 e. The normalized spacial score (nSPS) is 17.2. The lowest BCUT2D eigenvalue weighted by atomic mass is 9.98. The molecule has 1 aliphatic rings. The van der Waals surface area contributed by atoms with Gasteiger partial charge in [0.25, 0.3) is 0 Å². The molecule has 1 amide bonds. The molecule has 1 fully saturated rings. The van der Waals surface area contributed by atoms with Gasteiger partial charge in [0.05, 0.1) is 0 Å². The molecule has 0 atom stereocenters. The number of carbonyl (C=O) groups is 1. The molecule has 0 aromatic rings. The van der Waals surface area contributed by atoms with E-state index in [2.05, 4.69) is 39.7 Å². The van der Waals surface area contributed by atoms with Gasteiger partial charge in [0.2, 0.25) is 5.91 Å². The summed E-state index contributed by atoms with van der Waals surface area (Å²) in [6, 6.07) is 0.185. The number of guanidine groups is 1. The summed E-state index contributed by atoms with van der Waals surface area (Å²) in [5.41, 5.74) is 0.104. The summed E-state index contributed by atoms with van der Waals surface area (Å²) >= 11 is 0. The van der Waals surface area contributed by atoms with Gasteiger partial charge in [-0.3, -0.25) is 14.7 Å². The van der Waals surface area contributed by atoms with Crippen molar-refractivity contribution in [2.75, 3.05) is 33.2 Å². The van der Waals surface area contributed by atoms with E-state index in [-0.39, 0.29) is 17.5 Å². The van der Waals surface area contributed by atoms with E-state index < -0.39 is 0 Å². The van der Waals surface area contributed by atoms with Crippen LogP contribution in [0.1, 0.15) is 53.4 Å². The highest BCUT2D eigenvalue weighted by atomic mass is 16.1. The van der Waals surface area contributed by atoms with Gasteiger partial charge in [-0.25, -0.2) is 0 Å². The lowest BCUT2D eigenvalue weighted by Gasteiger charge is -2.41. The lowest BCUT2D eigenvalue weighted by molar-refractivity contribution is -0.121. The second kappa shape index (κ2) is 9.75. The Balaban J connectivity index is 2.31. The van der Waals surface area contributed by atoms with Gasteiger partial charge < -0.3 is 16.0 Å². The van der Waals surface area contributed by atoms with Crippen LogP contribution in [-0.4, -0.2) is 61.6 Å². The van der Waals surface area contributed by atoms with Crippen molar-refractivity contribution in [2.45, 2.75) is 65.0 Å². The number of likely N-dealkylation sites (tertiary alicyclic amines) is 1. The maximum atomic E-state index is 11.6. The van der Waals surface area contributed by atoms with Crippen molar-refractivity contribution in [2.24, 2.45) is 4.99 Å². The SMILES string of the molecule is CN=C(NCCC(=O)NC(C)C)NCC(C)(C)N1CCCCC1. The molecule has 0 saturated carbocycles. The third-order valence-electron chi connectivity index (χ3n) is 4.22. The average Bonchev–Trinajstić information content (AvgIpc) is 2.50. The number of nitrogens with one attached hydrogen (secondary N) is 3. The second-order valence-corrected chi connectivity index (χ2v) is 7.18. The minimum atomic E-state index is 0.0663. The highest BCUT2D eigenvalue weighted by molar-refractivity contribution is 5.81. The Morgan fingerprint density at radius 1 is 1.17 bits per heavy atom. The predicted octanol–water partition coefficient (Wildman–Crippen LogP) is 1.33. The number of aliphatic imine (C=N–C) groups is 1. The van der Waals surface area contributed by atoms with Crippen LogP contribution in [0, 0.1) is 0 Å². The van der Waals surface area contributed by atoms with Crippen molar-refractivity contribution >= 4 is 11.9 Å². The molecule has 3 N–H and O–H groups in total. The highest BCUT2D eigenvalue weighted by Gasteiger charge is 2.27. The summed E-state index contributed by atoms with van der Waals surface area (Å²) < 4.78 is 0. The number of nitrogens with zero attached hydrogens (tertiary/aromatic N) is 2. The van der Waals surface area contributed by atoms with Crippen molar-refractivity contribution < 1.29 is 4.79 Å². The first-order valence-electron chi connectivity index (χ1n) is 8.84. The number of hydrogen-bond donors (Lipinski definition) is 3.